The van der Waals surface area contributed by atoms with Gasteiger partial charge in [0.2, 0.25) is 15.9 Å². The van der Waals surface area contributed by atoms with Gasteiger partial charge in [0.05, 0.1) is 18.2 Å². The van der Waals surface area contributed by atoms with Crippen LogP contribution in [0.25, 0.3) is 0 Å². The van der Waals surface area contributed by atoms with E-state index in [0.29, 0.717) is 11.4 Å². The number of aliphatic hydroxyl groups is 1. The number of nitrogens with one attached hydrogen (secondary N) is 1. The summed E-state index contributed by atoms with van der Waals surface area (Å²) < 4.78 is 31.4. The van der Waals surface area contributed by atoms with Crippen molar-refractivity contribution < 1.29 is 18.0 Å². The van der Waals surface area contributed by atoms with Crippen molar-refractivity contribution in [3.05, 3.63) is 40.5 Å². The van der Waals surface area contributed by atoms with Gasteiger partial charge in [0.25, 0.3) is 0 Å². The first-order valence-electron chi connectivity index (χ1n) is 5.60. The molecule has 1 aromatic carbocycles. The van der Waals surface area contributed by atoms with Crippen molar-refractivity contribution in [2.45, 2.75) is 25.0 Å². The molecule has 0 radical (unpaired) electrons. The number of benzene rings is 1. The van der Waals surface area contributed by atoms with Gasteiger partial charge >= 0.3 is 0 Å². The molecule has 0 unspecified atom stereocenters. The summed E-state index contributed by atoms with van der Waals surface area (Å²) in [4.78, 5) is 3.78. The number of aryl methyl sites for hydroxylation is 1. The molecule has 0 aliphatic rings. The maximum atomic E-state index is 12.1. The Morgan fingerprint density at radius 3 is 2.80 bits per heavy atom. The molecule has 108 valence electrons. The molecule has 2 aromatic rings. The van der Waals surface area contributed by atoms with Crippen molar-refractivity contribution in [1.82, 2.24) is 14.9 Å². The van der Waals surface area contributed by atoms with Gasteiger partial charge < -0.3 is 9.63 Å². The van der Waals surface area contributed by atoms with Crippen LogP contribution in [0.2, 0.25) is 5.02 Å². The topological polar surface area (TPSA) is 105 Å². The van der Waals surface area contributed by atoms with Gasteiger partial charge in [0.1, 0.15) is 4.90 Å². The van der Waals surface area contributed by atoms with E-state index >= 15 is 0 Å². The lowest BCUT2D eigenvalue weighted by Crippen LogP contribution is -2.24. The first-order chi connectivity index (χ1) is 9.42. The molecule has 0 aliphatic heterocycles. The minimum atomic E-state index is -3.83. The first-order valence-corrected chi connectivity index (χ1v) is 7.46. The van der Waals surface area contributed by atoms with Crippen LogP contribution in [0.3, 0.4) is 0 Å². The lowest BCUT2D eigenvalue weighted by Gasteiger charge is -2.08. The lowest BCUT2D eigenvalue weighted by atomic mass is 10.2. The highest BCUT2D eigenvalue weighted by atomic mass is 35.5. The van der Waals surface area contributed by atoms with E-state index in [2.05, 4.69) is 14.9 Å². The van der Waals surface area contributed by atoms with E-state index in [1.54, 1.807) is 13.0 Å². The van der Waals surface area contributed by atoms with Crippen LogP contribution < -0.4 is 4.72 Å². The third kappa shape index (κ3) is 3.34. The summed E-state index contributed by atoms with van der Waals surface area (Å²) in [7, 11) is -3.83. The minimum absolute atomic E-state index is 0.0661. The fourth-order valence-electron chi connectivity index (χ4n) is 1.50. The predicted molar refractivity (Wildman–Crippen MR) is 70.4 cm³/mol. The maximum absolute atomic E-state index is 12.1. The van der Waals surface area contributed by atoms with Crippen LogP contribution >= 0.6 is 11.6 Å². The predicted octanol–water partition coefficient (Wildman–Crippen LogP) is 1.00. The molecule has 0 fully saturated rings. The number of aliphatic hydroxyl groups excluding tert-OH is 1. The van der Waals surface area contributed by atoms with Gasteiger partial charge in [-0.15, -0.1) is 0 Å². The molecular weight excluding hydrogens is 306 g/mol. The van der Waals surface area contributed by atoms with Gasteiger partial charge in [-0.25, -0.2) is 13.1 Å². The Morgan fingerprint density at radius 1 is 1.45 bits per heavy atom. The zero-order valence-electron chi connectivity index (χ0n) is 10.5. The molecule has 0 saturated carbocycles. The fraction of sp³-hybridized carbons (Fsp3) is 0.273. The molecule has 1 aromatic heterocycles. The molecule has 1 heterocycles. The molecular formula is C11H12ClN3O4S. The maximum Gasteiger partial charge on any atom is 0.242 e. The standard InChI is InChI=1S/C11H12ClN3O4S/c1-7-14-11(19-15-7)5-13-20(17,18)10-4-8(6-16)2-3-9(10)12/h2-4,13,16H,5-6H2,1H3. The third-order valence-corrected chi connectivity index (χ3v) is 4.33. The molecule has 2 N–H and O–H groups in total. The second kappa shape index (κ2) is 5.88. The largest absolute Gasteiger partial charge is 0.392 e. The van der Waals surface area contributed by atoms with Crippen LogP contribution in [0.5, 0.6) is 0 Å². The second-order valence-corrected chi connectivity index (χ2v) is 6.13. The van der Waals surface area contributed by atoms with E-state index in [1.165, 1.54) is 12.1 Å². The van der Waals surface area contributed by atoms with Crippen LogP contribution in [0.15, 0.2) is 27.6 Å². The van der Waals surface area contributed by atoms with Gasteiger partial charge in [0, 0.05) is 0 Å². The van der Waals surface area contributed by atoms with E-state index in [9.17, 15) is 8.42 Å². The molecule has 0 saturated heterocycles. The van der Waals surface area contributed by atoms with E-state index in [4.69, 9.17) is 21.2 Å². The average Bonchev–Trinajstić information content (AvgIpc) is 2.83. The highest BCUT2D eigenvalue weighted by Crippen LogP contribution is 2.22. The van der Waals surface area contributed by atoms with Crippen molar-refractivity contribution in [3.8, 4) is 0 Å². The SMILES string of the molecule is Cc1noc(CNS(=O)(=O)c2cc(CO)ccc2Cl)n1. The minimum Gasteiger partial charge on any atom is -0.392 e. The Hall–Kier alpha value is -1.48. The highest BCUT2D eigenvalue weighted by molar-refractivity contribution is 7.89. The van der Waals surface area contributed by atoms with Crippen LogP contribution in [0.4, 0.5) is 0 Å². The van der Waals surface area contributed by atoms with Crippen molar-refractivity contribution >= 4 is 21.6 Å². The number of nitrogens with zero attached hydrogens (tertiary/aromatic N) is 2. The van der Waals surface area contributed by atoms with Crippen molar-refractivity contribution in [1.29, 1.82) is 0 Å². The smallest absolute Gasteiger partial charge is 0.242 e. The number of halogens is 1. The van der Waals surface area contributed by atoms with Crippen LogP contribution in [-0.2, 0) is 23.2 Å². The number of rotatable bonds is 5. The van der Waals surface area contributed by atoms with Gasteiger partial charge in [-0.3, -0.25) is 0 Å². The quantitative estimate of drug-likeness (QED) is 0.852. The van der Waals surface area contributed by atoms with Crippen LogP contribution in [0.1, 0.15) is 17.3 Å². The fourth-order valence-corrected chi connectivity index (χ4v) is 3.02. The Labute approximate surface area is 120 Å². The monoisotopic (exact) mass is 317 g/mol. The lowest BCUT2D eigenvalue weighted by molar-refractivity contribution is 0.281. The first kappa shape index (κ1) is 14.9. The van der Waals surface area contributed by atoms with Crippen molar-refractivity contribution in [3.63, 3.8) is 0 Å². The van der Waals surface area contributed by atoms with E-state index in [1.807, 2.05) is 0 Å². The number of hydrogen-bond acceptors (Lipinski definition) is 6. The van der Waals surface area contributed by atoms with E-state index < -0.39 is 10.0 Å². The molecule has 0 amide bonds. The summed E-state index contributed by atoms with van der Waals surface area (Å²) in [5, 5.41) is 12.7. The molecule has 7 nitrogen and oxygen atoms in total. The number of hydrogen-bond donors (Lipinski definition) is 2. The molecule has 20 heavy (non-hydrogen) atoms. The third-order valence-electron chi connectivity index (χ3n) is 2.45. The molecule has 9 heteroatoms. The normalized spacial score (nSPS) is 11.8. The average molecular weight is 318 g/mol. The zero-order valence-corrected chi connectivity index (χ0v) is 12.1. The Bertz CT molecular complexity index is 714. The Kier molecular flexibility index (Phi) is 4.39. The second-order valence-electron chi connectivity index (χ2n) is 3.98. The summed E-state index contributed by atoms with van der Waals surface area (Å²) in [5.74, 6) is 0.569. The molecule has 0 aliphatic carbocycles. The summed E-state index contributed by atoms with van der Waals surface area (Å²) in [6.45, 7) is 1.22. The van der Waals surface area contributed by atoms with E-state index in [-0.39, 0.29) is 29.0 Å². The van der Waals surface area contributed by atoms with Crippen molar-refractivity contribution in [2.24, 2.45) is 0 Å². The van der Waals surface area contributed by atoms with Gasteiger partial charge in [0.15, 0.2) is 5.82 Å². The Morgan fingerprint density at radius 2 is 2.20 bits per heavy atom. The highest BCUT2D eigenvalue weighted by Gasteiger charge is 2.19. The molecule has 0 spiro atoms. The zero-order chi connectivity index (χ0) is 14.8. The number of aromatic nitrogens is 2. The van der Waals surface area contributed by atoms with Crippen LogP contribution in [0, 0.1) is 6.92 Å². The van der Waals surface area contributed by atoms with Gasteiger partial charge in [-0.1, -0.05) is 22.8 Å². The van der Waals surface area contributed by atoms with Gasteiger partial charge in [-0.05, 0) is 24.6 Å². The summed E-state index contributed by atoms with van der Waals surface area (Å²) >= 11 is 5.87. The van der Waals surface area contributed by atoms with Crippen LogP contribution in [-0.4, -0.2) is 23.7 Å². The molecule has 2 rings (SSSR count). The molecule has 0 atom stereocenters. The summed E-state index contributed by atoms with van der Waals surface area (Å²) in [5.41, 5.74) is 0.448. The van der Waals surface area contributed by atoms with Crippen molar-refractivity contribution in [2.75, 3.05) is 0 Å². The van der Waals surface area contributed by atoms with E-state index in [0.717, 1.165) is 0 Å². The number of sulfonamides is 1. The summed E-state index contributed by atoms with van der Waals surface area (Å²) in [6.07, 6.45) is 0. The molecule has 0 bridgehead atoms. The summed E-state index contributed by atoms with van der Waals surface area (Å²) in [6, 6.07) is 4.27. The van der Waals surface area contributed by atoms with Gasteiger partial charge in [-0.2, -0.15) is 4.98 Å². The Balaban J connectivity index is 2.21.